The number of carbonyl (C=O) groups excluding carboxylic acids is 5. The van der Waals surface area contributed by atoms with E-state index in [0.29, 0.717) is 0 Å². The van der Waals surface area contributed by atoms with Gasteiger partial charge in [-0.15, -0.1) is 0 Å². The second-order valence-corrected chi connectivity index (χ2v) is 11.2. The third kappa shape index (κ3) is 15.0. The highest BCUT2D eigenvalue weighted by atomic mass is 16.6. The van der Waals surface area contributed by atoms with Crippen molar-refractivity contribution in [1.82, 2.24) is 10.6 Å². The molecule has 0 aliphatic carbocycles. The predicted octanol–water partition coefficient (Wildman–Crippen LogP) is 2.95. The monoisotopic (exact) mass is 514 g/mol. The number of hydrogen-bond acceptors (Lipinski definition) is 9. The zero-order valence-electron chi connectivity index (χ0n) is 23.2. The molecular formula is C25H42N2O9. The lowest BCUT2D eigenvalue weighted by Gasteiger charge is -2.28. The molecule has 36 heavy (non-hydrogen) atoms. The summed E-state index contributed by atoms with van der Waals surface area (Å²) in [4.78, 5) is 62.3. The fraction of sp³-hybridized carbons (Fsp3) is 0.720. The number of amides is 2. The first-order valence-electron chi connectivity index (χ1n) is 11.6. The molecule has 0 bridgehead atoms. The van der Waals surface area contributed by atoms with Crippen LogP contribution in [0.25, 0.3) is 0 Å². The van der Waals surface area contributed by atoms with Crippen molar-refractivity contribution in [2.75, 3.05) is 7.11 Å². The van der Waals surface area contributed by atoms with Crippen LogP contribution in [0.1, 0.15) is 81.6 Å². The molecule has 0 spiro atoms. The van der Waals surface area contributed by atoms with Crippen molar-refractivity contribution in [2.45, 2.75) is 110 Å². The van der Waals surface area contributed by atoms with Gasteiger partial charge in [-0.25, -0.2) is 9.59 Å². The Morgan fingerprint density at radius 3 is 1.69 bits per heavy atom. The molecule has 2 amide bonds. The summed E-state index contributed by atoms with van der Waals surface area (Å²) >= 11 is 0. The fourth-order valence-electron chi connectivity index (χ4n) is 2.67. The molecule has 1 unspecified atom stereocenters. The minimum Gasteiger partial charge on any atom is -0.469 e. The van der Waals surface area contributed by atoms with E-state index in [4.69, 9.17) is 14.2 Å². The topological polar surface area (TPSA) is 146 Å². The first-order chi connectivity index (χ1) is 16.1. The highest BCUT2D eigenvalue weighted by molar-refractivity contribution is 5.93. The SMILES string of the molecule is C=C(CC(=O)OC)[C@@H](NC(=O)OC(C)(C)C)C(=O)NC(CCC(=O)OC(C)(C)C)C(=O)OC(C)(C)C. The molecule has 0 radical (unpaired) electrons. The number of rotatable bonds is 10. The van der Waals surface area contributed by atoms with Gasteiger partial charge in [0.05, 0.1) is 13.5 Å². The molecule has 2 N–H and O–H groups in total. The van der Waals surface area contributed by atoms with Crippen LogP contribution in [0.15, 0.2) is 12.2 Å². The lowest BCUT2D eigenvalue weighted by Crippen LogP contribution is -2.54. The van der Waals surface area contributed by atoms with E-state index in [9.17, 15) is 24.0 Å². The molecule has 11 nitrogen and oxygen atoms in total. The summed E-state index contributed by atoms with van der Waals surface area (Å²) in [5.41, 5.74) is -2.45. The van der Waals surface area contributed by atoms with E-state index in [-0.39, 0.29) is 24.8 Å². The van der Waals surface area contributed by atoms with E-state index in [1.54, 1.807) is 62.3 Å². The maximum atomic E-state index is 13.2. The Morgan fingerprint density at radius 1 is 0.750 bits per heavy atom. The van der Waals surface area contributed by atoms with Gasteiger partial charge in [0.15, 0.2) is 0 Å². The second-order valence-electron chi connectivity index (χ2n) is 11.2. The highest BCUT2D eigenvalue weighted by Crippen LogP contribution is 2.15. The average molecular weight is 515 g/mol. The molecule has 0 rings (SSSR count). The molecule has 2 atom stereocenters. The predicted molar refractivity (Wildman–Crippen MR) is 132 cm³/mol. The fourth-order valence-corrected chi connectivity index (χ4v) is 2.67. The van der Waals surface area contributed by atoms with Crippen LogP contribution in [0.5, 0.6) is 0 Å². The maximum absolute atomic E-state index is 13.2. The number of hydrogen-bond donors (Lipinski definition) is 2. The molecule has 11 heteroatoms. The van der Waals surface area contributed by atoms with E-state index in [1.807, 2.05) is 0 Å². The summed E-state index contributed by atoms with van der Waals surface area (Å²) in [5.74, 6) is -2.88. The van der Waals surface area contributed by atoms with Gasteiger partial charge in [0.25, 0.3) is 0 Å². The van der Waals surface area contributed by atoms with Crippen LogP contribution in [0.3, 0.4) is 0 Å². The summed E-state index contributed by atoms with van der Waals surface area (Å²) in [7, 11) is 1.17. The van der Waals surface area contributed by atoms with Gasteiger partial charge < -0.3 is 29.6 Å². The van der Waals surface area contributed by atoms with Gasteiger partial charge in [-0.2, -0.15) is 0 Å². The lowest BCUT2D eigenvalue weighted by molar-refractivity contribution is -0.160. The zero-order valence-corrected chi connectivity index (χ0v) is 23.2. The molecule has 0 aromatic heterocycles. The number of nitrogens with one attached hydrogen (secondary N) is 2. The number of esters is 3. The van der Waals surface area contributed by atoms with Crippen LogP contribution >= 0.6 is 0 Å². The van der Waals surface area contributed by atoms with Crippen LogP contribution in [0.2, 0.25) is 0 Å². The first kappa shape index (κ1) is 32.9. The van der Waals surface area contributed by atoms with Gasteiger partial charge in [-0.3, -0.25) is 14.4 Å². The van der Waals surface area contributed by atoms with E-state index < -0.39 is 58.8 Å². The Kier molecular flexibility index (Phi) is 12.1. The minimum atomic E-state index is -1.44. The first-order valence-corrected chi connectivity index (χ1v) is 11.6. The third-order valence-corrected chi connectivity index (χ3v) is 4.00. The number of alkyl carbamates (subject to hydrolysis) is 1. The largest absolute Gasteiger partial charge is 0.469 e. The van der Waals surface area contributed by atoms with Crippen molar-refractivity contribution < 1.29 is 42.9 Å². The summed E-state index contributed by atoms with van der Waals surface area (Å²) in [5, 5.41) is 4.86. The highest BCUT2D eigenvalue weighted by Gasteiger charge is 2.33. The lowest BCUT2D eigenvalue weighted by atomic mass is 10.0. The van der Waals surface area contributed by atoms with Gasteiger partial charge >= 0.3 is 24.0 Å². The Morgan fingerprint density at radius 2 is 1.25 bits per heavy atom. The van der Waals surface area contributed by atoms with Crippen LogP contribution in [0.4, 0.5) is 4.79 Å². The quantitative estimate of drug-likeness (QED) is 0.255. The maximum Gasteiger partial charge on any atom is 0.408 e. The van der Waals surface area contributed by atoms with Crippen molar-refractivity contribution in [3.63, 3.8) is 0 Å². The summed E-state index contributed by atoms with van der Waals surface area (Å²) in [6, 6.07) is -2.69. The van der Waals surface area contributed by atoms with Crippen molar-refractivity contribution >= 4 is 29.9 Å². The Bertz CT molecular complexity index is 830. The smallest absolute Gasteiger partial charge is 0.408 e. The summed E-state index contributed by atoms with van der Waals surface area (Å²) in [6.45, 7) is 18.7. The van der Waals surface area contributed by atoms with Crippen molar-refractivity contribution in [2.24, 2.45) is 0 Å². The molecule has 206 valence electrons. The normalized spacial score (nSPS) is 13.5. The number of methoxy groups -OCH3 is 1. The Balaban J connectivity index is 5.82. The number of carbonyl (C=O) groups is 5. The van der Waals surface area contributed by atoms with E-state index in [1.165, 1.54) is 7.11 Å². The van der Waals surface area contributed by atoms with E-state index in [2.05, 4.69) is 21.9 Å². The minimum absolute atomic E-state index is 0.000269. The van der Waals surface area contributed by atoms with Gasteiger partial charge in [0, 0.05) is 6.42 Å². The van der Waals surface area contributed by atoms with Crippen LogP contribution in [0, 0.1) is 0 Å². The molecule has 0 aromatic rings. The average Bonchev–Trinajstić information content (AvgIpc) is 2.64. The van der Waals surface area contributed by atoms with Crippen LogP contribution in [-0.4, -0.2) is 65.9 Å². The Hall–Kier alpha value is -3.11. The van der Waals surface area contributed by atoms with Crippen molar-refractivity contribution in [1.29, 1.82) is 0 Å². The van der Waals surface area contributed by atoms with E-state index >= 15 is 0 Å². The number of ether oxygens (including phenoxy) is 4. The standard InChI is InChI=1S/C25H42N2O9/c1-15(14-18(29)33-11)19(27-22(32)36-25(8,9)10)20(30)26-16(21(31)35-24(5,6)7)12-13-17(28)34-23(2,3)4/h16,19H,1,12-14H2,2-11H3,(H,26,30)(H,27,32)/t16?,19-/m1/s1. The zero-order chi connectivity index (χ0) is 28.5. The Labute approximate surface area is 213 Å². The molecular weight excluding hydrogens is 472 g/mol. The summed E-state index contributed by atoms with van der Waals surface area (Å²) in [6.07, 6.45) is -1.62. The van der Waals surface area contributed by atoms with E-state index in [0.717, 1.165) is 0 Å². The molecule has 0 heterocycles. The summed E-state index contributed by atoms with van der Waals surface area (Å²) < 4.78 is 20.5. The van der Waals surface area contributed by atoms with Crippen LogP contribution in [-0.2, 0) is 38.1 Å². The second kappa shape index (κ2) is 13.3. The van der Waals surface area contributed by atoms with Crippen molar-refractivity contribution in [3.05, 3.63) is 12.2 Å². The van der Waals surface area contributed by atoms with Crippen LogP contribution < -0.4 is 10.6 Å². The molecule has 0 aromatic carbocycles. The van der Waals surface area contributed by atoms with Gasteiger partial charge in [-0.1, -0.05) is 6.58 Å². The molecule has 0 aliphatic rings. The molecule has 0 aliphatic heterocycles. The molecule has 0 saturated heterocycles. The van der Waals surface area contributed by atoms with Gasteiger partial charge in [0.1, 0.15) is 28.9 Å². The van der Waals surface area contributed by atoms with Crippen molar-refractivity contribution in [3.8, 4) is 0 Å². The molecule has 0 fully saturated rings. The van der Waals surface area contributed by atoms with Gasteiger partial charge in [-0.05, 0) is 74.3 Å². The third-order valence-electron chi connectivity index (χ3n) is 4.00. The van der Waals surface area contributed by atoms with Gasteiger partial charge in [0.2, 0.25) is 5.91 Å². The molecule has 0 saturated carbocycles.